The van der Waals surface area contributed by atoms with Crippen molar-refractivity contribution in [1.29, 1.82) is 0 Å². The van der Waals surface area contributed by atoms with E-state index in [9.17, 15) is 35.5 Å². The Morgan fingerprint density at radius 2 is 1.52 bits per heavy atom. The maximum atomic E-state index is 13.0. The zero-order valence-corrected chi connectivity index (χ0v) is 10.2. The SMILES string of the molecule is COc1cccc(OC(=O)C(F)(F)C(F)(F)C(F)(F)F)c1. The summed E-state index contributed by atoms with van der Waals surface area (Å²) in [6, 6.07) is 4.23. The van der Waals surface area contributed by atoms with Gasteiger partial charge in [0, 0.05) is 6.07 Å². The van der Waals surface area contributed by atoms with Gasteiger partial charge in [0.15, 0.2) is 0 Å². The summed E-state index contributed by atoms with van der Waals surface area (Å²) in [5, 5.41) is 0. The highest BCUT2D eigenvalue weighted by Gasteiger charge is 2.77. The number of carbonyl (C=O) groups is 1. The Kier molecular flexibility index (Phi) is 4.40. The Labute approximate surface area is 113 Å². The Morgan fingerprint density at radius 1 is 1.00 bits per heavy atom. The number of hydrogen-bond donors (Lipinski definition) is 0. The Balaban J connectivity index is 3.01. The molecule has 10 heteroatoms. The van der Waals surface area contributed by atoms with Gasteiger partial charge in [-0.25, -0.2) is 4.79 Å². The first kappa shape index (κ1) is 17.1. The van der Waals surface area contributed by atoms with Crippen molar-refractivity contribution in [3.63, 3.8) is 0 Å². The first-order chi connectivity index (χ1) is 9.43. The lowest BCUT2D eigenvalue weighted by Crippen LogP contribution is -2.57. The molecule has 3 nitrogen and oxygen atoms in total. The molecule has 0 aliphatic heterocycles. The van der Waals surface area contributed by atoms with Crippen LogP contribution in [-0.2, 0) is 4.79 Å². The molecule has 0 atom stereocenters. The number of hydrogen-bond acceptors (Lipinski definition) is 3. The predicted molar refractivity (Wildman–Crippen MR) is 54.6 cm³/mol. The van der Waals surface area contributed by atoms with Gasteiger partial charge < -0.3 is 9.47 Å². The molecule has 21 heavy (non-hydrogen) atoms. The minimum Gasteiger partial charge on any atom is -0.497 e. The van der Waals surface area contributed by atoms with Crippen molar-refractivity contribution < 1.29 is 45.0 Å². The Morgan fingerprint density at radius 3 is 2.00 bits per heavy atom. The van der Waals surface area contributed by atoms with Gasteiger partial charge in [-0.15, -0.1) is 0 Å². The van der Waals surface area contributed by atoms with E-state index in [1.54, 1.807) is 0 Å². The average Bonchev–Trinajstić information content (AvgIpc) is 2.37. The number of ether oxygens (including phenoxy) is 2. The number of alkyl halides is 7. The van der Waals surface area contributed by atoms with Crippen molar-refractivity contribution in [2.75, 3.05) is 7.11 Å². The summed E-state index contributed by atoms with van der Waals surface area (Å²) in [4.78, 5) is 10.9. The number of benzene rings is 1. The van der Waals surface area contributed by atoms with Crippen LogP contribution >= 0.6 is 0 Å². The molecule has 0 fully saturated rings. The van der Waals surface area contributed by atoms with Crippen LogP contribution in [0.2, 0.25) is 0 Å². The van der Waals surface area contributed by atoms with Crippen molar-refractivity contribution >= 4 is 5.97 Å². The van der Waals surface area contributed by atoms with E-state index < -0.39 is 29.7 Å². The molecule has 0 bridgehead atoms. The summed E-state index contributed by atoms with van der Waals surface area (Å²) >= 11 is 0. The second kappa shape index (κ2) is 5.41. The number of halogens is 7. The molecule has 1 rings (SSSR count). The topological polar surface area (TPSA) is 35.5 Å². The molecule has 0 spiro atoms. The van der Waals surface area contributed by atoms with Gasteiger partial charge in [0.05, 0.1) is 7.11 Å². The fourth-order valence-electron chi connectivity index (χ4n) is 1.14. The molecule has 0 N–H and O–H groups in total. The minimum atomic E-state index is -6.61. The van der Waals surface area contributed by atoms with Crippen molar-refractivity contribution in [3.8, 4) is 11.5 Å². The average molecular weight is 320 g/mol. The summed E-state index contributed by atoms with van der Waals surface area (Å²) in [5.74, 6) is -16.3. The quantitative estimate of drug-likeness (QED) is 0.484. The van der Waals surface area contributed by atoms with Crippen LogP contribution in [0.15, 0.2) is 24.3 Å². The molecule has 0 amide bonds. The lowest BCUT2D eigenvalue weighted by molar-refractivity contribution is -0.346. The van der Waals surface area contributed by atoms with E-state index in [-0.39, 0.29) is 5.75 Å². The summed E-state index contributed by atoms with van der Waals surface area (Å²) in [6.07, 6.45) is -6.61. The van der Waals surface area contributed by atoms with Gasteiger partial charge in [0.25, 0.3) is 0 Å². The Hall–Kier alpha value is -2.00. The highest BCUT2D eigenvalue weighted by atomic mass is 19.4. The number of carbonyl (C=O) groups excluding carboxylic acids is 1. The molecule has 0 aliphatic carbocycles. The Bertz CT molecular complexity index is 525. The van der Waals surface area contributed by atoms with E-state index in [1.165, 1.54) is 13.2 Å². The van der Waals surface area contributed by atoms with Gasteiger partial charge in [0.1, 0.15) is 11.5 Å². The summed E-state index contributed by atoms with van der Waals surface area (Å²) in [5.41, 5.74) is 0. The van der Waals surface area contributed by atoms with Crippen molar-refractivity contribution in [2.45, 2.75) is 18.0 Å². The molecule has 0 aromatic heterocycles. The zero-order chi connectivity index (χ0) is 16.5. The van der Waals surface area contributed by atoms with Crippen LogP contribution in [-0.4, -0.2) is 31.1 Å². The molecule has 1 aromatic rings. The molecule has 0 saturated heterocycles. The minimum absolute atomic E-state index is 0.0196. The molecule has 0 radical (unpaired) electrons. The molecular weight excluding hydrogens is 313 g/mol. The lowest BCUT2D eigenvalue weighted by Gasteiger charge is -2.26. The lowest BCUT2D eigenvalue weighted by atomic mass is 10.1. The maximum Gasteiger partial charge on any atom is 0.460 e. The van der Waals surface area contributed by atoms with E-state index >= 15 is 0 Å². The van der Waals surface area contributed by atoms with Crippen LogP contribution < -0.4 is 9.47 Å². The number of rotatable bonds is 4. The van der Waals surface area contributed by atoms with Crippen LogP contribution in [0, 0.1) is 0 Å². The summed E-state index contributed by atoms with van der Waals surface area (Å²) < 4.78 is 95.3. The molecule has 0 saturated carbocycles. The van der Waals surface area contributed by atoms with Crippen LogP contribution in [0.5, 0.6) is 11.5 Å². The maximum absolute atomic E-state index is 13.0. The van der Waals surface area contributed by atoms with Gasteiger partial charge in [-0.3, -0.25) is 0 Å². The largest absolute Gasteiger partial charge is 0.497 e. The molecule has 0 unspecified atom stereocenters. The van der Waals surface area contributed by atoms with E-state index in [0.717, 1.165) is 18.2 Å². The standard InChI is InChI=1S/C11H7F7O3/c1-20-6-3-2-4-7(5-6)21-8(19)9(12,13)10(14,15)11(16,17)18/h2-5H,1H3. The fraction of sp³-hybridized carbons (Fsp3) is 0.364. The van der Waals surface area contributed by atoms with Crippen LogP contribution in [0.3, 0.4) is 0 Å². The van der Waals surface area contributed by atoms with E-state index in [1.807, 2.05) is 0 Å². The van der Waals surface area contributed by atoms with Gasteiger partial charge in [-0.1, -0.05) is 6.07 Å². The third kappa shape index (κ3) is 3.19. The fourth-order valence-corrected chi connectivity index (χ4v) is 1.14. The van der Waals surface area contributed by atoms with Crippen LogP contribution in [0.1, 0.15) is 0 Å². The molecule has 118 valence electrons. The predicted octanol–water partition coefficient (Wildman–Crippen LogP) is 3.43. The third-order valence-electron chi connectivity index (χ3n) is 2.26. The summed E-state index contributed by atoms with van der Waals surface area (Å²) in [6.45, 7) is 0. The smallest absolute Gasteiger partial charge is 0.460 e. The van der Waals surface area contributed by atoms with E-state index in [4.69, 9.17) is 0 Å². The van der Waals surface area contributed by atoms with Crippen LogP contribution in [0.4, 0.5) is 30.7 Å². The number of methoxy groups -OCH3 is 1. The monoisotopic (exact) mass is 320 g/mol. The van der Waals surface area contributed by atoms with Crippen molar-refractivity contribution in [3.05, 3.63) is 24.3 Å². The second-order valence-electron chi connectivity index (χ2n) is 3.72. The molecule has 0 heterocycles. The van der Waals surface area contributed by atoms with Gasteiger partial charge in [-0.05, 0) is 12.1 Å². The highest BCUT2D eigenvalue weighted by Crippen LogP contribution is 2.47. The second-order valence-corrected chi connectivity index (χ2v) is 3.72. The highest BCUT2D eigenvalue weighted by molar-refractivity contribution is 5.81. The first-order valence-corrected chi connectivity index (χ1v) is 5.12. The third-order valence-corrected chi connectivity index (χ3v) is 2.26. The molecular formula is C11H7F7O3. The van der Waals surface area contributed by atoms with Gasteiger partial charge in [0.2, 0.25) is 0 Å². The van der Waals surface area contributed by atoms with Crippen molar-refractivity contribution in [2.24, 2.45) is 0 Å². The zero-order valence-electron chi connectivity index (χ0n) is 10.2. The first-order valence-electron chi connectivity index (χ1n) is 5.12. The molecule has 0 aliphatic rings. The van der Waals surface area contributed by atoms with E-state index in [2.05, 4.69) is 9.47 Å². The van der Waals surface area contributed by atoms with Crippen molar-refractivity contribution in [1.82, 2.24) is 0 Å². The van der Waals surface area contributed by atoms with Gasteiger partial charge >= 0.3 is 24.0 Å². The molecule has 1 aromatic carbocycles. The normalized spacial score (nSPS) is 13.0. The van der Waals surface area contributed by atoms with E-state index in [0.29, 0.717) is 0 Å². The number of esters is 1. The van der Waals surface area contributed by atoms with Crippen LogP contribution in [0.25, 0.3) is 0 Å². The summed E-state index contributed by atoms with van der Waals surface area (Å²) in [7, 11) is 1.17. The van der Waals surface area contributed by atoms with Gasteiger partial charge in [-0.2, -0.15) is 30.7 Å².